The molecule has 5 heteroatoms. The molecule has 1 aliphatic heterocycles. The van der Waals surface area contributed by atoms with Gasteiger partial charge in [-0.15, -0.1) is 0 Å². The van der Waals surface area contributed by atoms with Gasteiger partial charge in [0, 0.05) is 25.3 Å². The zero-order valence-electron chi connectivity index (χ0n) is 11.4. The van der Waals surface area contributed by atoms with Crippen molar-refractivity contribution in [3.63, 3.8) is 0 Å². The lowest BCUT2D eigenvalue weighted by atomic mass is 10.1. The molecule has 1 heterocycles. The average Bonchev–Trinajstić information content (AvgIpc) is 2.67. The Hall–Kier alpha value is -1.65. The first-order valence-corrected chi connectivity index (χ1v) is 6.59. The van der Waals surface area contributed by atoms with Crippen LogP contribution in [0.1, 0.15) is 46.0 Å². The predicted octanol–water partition coefficient (Wildman–Crippen LogP) is 1.94. The van der Waals surface area contributed by atoms with Crippen LogP contribution in [0.25, 0.3) is 0 Å². The topological polar surface area (TPSA) is 69.7 Å². The van der Waals surface area contributed by atoms with E-state index < -0.39 is 6.10 Å². The minimum atomic E-state index is -0.526. The number of carbonyl (C=O) groups excluding carboxylic acids is 3. The highest BCUT2D eigenvalue weighted by atomic mass is 16.5. The molecule has 5 nitrogen and oxygen atoms in total. The number of allylic oxidation sites excluding steroid dienone is 1. The third kappa shape index (κ3) is 5.68. The second-order valence-electron chi connectivity index (χ2n) is 4.52. The normalized spacial score (nSPS) is 17.9. The van der Waals surface area contributed by atoms with E-state index in [1.807, 2.05) is 0 Å². The summed E-state index contributed by atoms with van der Waals surface area (Å²) in [5, 5.41) is 0. The molecule has 0 aromatic carbocycles. The standard InChI is InChI=1S/C14H20O5/c1-3-18-14(17)6-4-5-11-9-12(16)13(19-11)8-7-10(2)15/h9,13H,3-8H2,1-2H3. The summed E-state index contributed by atoms with van der Waals surface area (Å²) in [6.07, 6.45) is 3.17. The van der Waals surface area contributed by atoms with Crippen molar-refractivity contribution in [2.75, 3.05) is 6.61 Å². The van der Waals surface area contributed by atoms with Crippen molar-refractivity contribution in [1.29, 1.82) is 0 Å². The first kappa shape index (κ1) is 15.4. The Morgan fingerprint density at radius 2 is 2.11 bits per heavy atom. The van der Waals surface area contributed by atoms with Gasteiger partial charge in [-0.05, 0) is 26.7 Å². The number of ketones is 2. The Kier molecular flexibility index (Phi) is 6.25. The lowest BCUT2D eigenvalue weighted by molar-refractivity contribution is -0.143. The summed E-state index contributed by atoms with van der Waals surface area (Å²) in [6.45, 7) is 3.63. The highest BCUT2D eigenvalue weighted by molar-refractivity contribution is 5.96. The fraction of sp³-hybridized carbons (Fsp3) is 0.643. The van der Waals surface area contributed by atoms with E-state index in [4.69, 9.17) is 9.47 Å². The summed E-state index contributed by atoms with van der Waals surface area (Å²) in [5.74, 6) is 0.322. The van der Waals surface area contributed by atoms with Crippen LogP contribution in [0.15, 0.2) is 11.8 Å². The summed E-state index contributed by atoms with van der Waals surface area (Å²) in [7, 11) is 0. The van der Waals surface area contributed by atoms with E-state index >= 15 is 0 Å². The zero-order valence-corrected chi connectivity index (χ0v) is 11.4. The van der Waals surface area contributed by atoms with E-state index in [9.17, 15) is 14.4 Å². The van der Waals surface area contributed by atoms with Crippen LogP contribution in [0.2, 0.25) is 0 Å². The van der Waals surface area contributed by atoms with Gasteiger partial charge in [0.2, 0.25) is 0 Å². The van der Waals surface area contributed by atoms with Crippen LogP contribution in [-0.4, -0.2) is 30.2 Å². The van der Waals surface area contributed by atoms with E-state index in [1.165, 1.54) is 13.0 Å². The van der Waals surface area contributed by atoms with Gasteiger partial charge in [-0.1, -0.05) is 0 Å². The number of carbonyl (C=O) groups is 3. The first-order chi connectivity index (χ1) is 9.02. The van der Waals surface area contributed by atoms with Gasteiger partial charge < -0.3 is 14.3 Å². The van der Waals surface area contributed by atoms with Crippen LogP contribution in [0, 0.1) is 0 Å². The van der Waals surface area contributed by atoms with Crippen molar-refractivity contribution >= 4 is 17.5 Å². The van der Waals surface area contributed by atoms with Gasteiger partial charge in [0.25, 0.3) is 0 Å². The fourth-order valence-electron chi connectivity index (χ4n) is 1.83. The van der Waals surface area contributed by atoms with Crippen LogP contribution < -0.4 is 0 Å². The number of esters is 1. The number of hydrogen-bond acceptors (Lipinski definition) is 5. The van der Waals surface area contributed by atoms with Crippen molar-refractivity contribution in [2.45, 2.75) is 52.1 Å². The highest BCUT2D eigenvalue weighted by Gasteiger charge is 2.26. The molecule has 0 N–H and O–H groups in total. The van der Waals surface area contributed by atoms with Crippen molar-refractivity contribution in [2.24, 2.45) is 0 Å². The quantitative estimate of drug-likeness (QED) is 0.629. The molecule has 0 amide bonds. The molecule has 0 fully saturated rings. The summed E-state index contributed by atoms with van der Waals surface area (Å²) in [5.41, 5.74) is 0. The monoisotopic (exact) mass is 268 g/mol. The van der Waals surface area contributed by atoms with Crippen LogP contribution >= 0.6 is 0 Å². The Morgan fingerprint density at radius 1 is 1.37 bits per heavy atom. The smallest absolute Gasteiger partial charge is 0.305 e. The molecule has 0 saturated heterocycles. The second-order valence-corrected chi connectivity index (χ2v) is 4.52. The fourth-order valence-corrected chi connectivity index (χ4v) is 1.83. The molecule has 1 aliphatic rings. The SMILES string of the molecule is CCOC(=O)CCCC1=CC(=O)C(CCC(C)=O)O1. The van der Waals surface area contributed by atoms with E-state index in [2.05, 4.69) is 0 Å². The first-order valence-electron chi connectivity index (χ1n) is 6.59. The van der Waals surface area contributed by atoms with Gasteiger partial charge in [-0.3, -0.25) is 9.59 Å². The molecule has 106 valence electrons. The van der Waals surface area contributed by atoms with Crippen LogP contribution in [0.5, 0.6) is 0 Å². The largest absolute Gasteiger partial charge is 0.486 e. The third-order valence-corrected chi connectivity index (χ3v) is 2.78. The Morgan fingerprint density at radius 3 is 2.74 bits per heavy atom. The Bertz CT molecular complexity index is 383. The van der Waals surface area contributed by atoms with E-state index in [1.54, 1.807) is 6.92 Å². The number of Topliss-reactive ketones (excluding diaryl/α,β-unsaturated/α-hetero) is 1. The molecule has 0 bridgehead atoms. The van der Waals surface area contributed by atoms with Gasteiger partial charge in [-0.2, -0.15) is 0 Å². The molecule has 0 aromatic heterocycles. The molecule has 1 rings (SSSR count). The minimum Gasteiger partial charge on any atom is -0.486 e. The molecular formula is C14H20O5. The predicted molar refractivity (Wildman–Crippen MR) is 68.4 cm³/mol. The second kappa shape index (κ2) is 7.71. The zero-order chi connectivity index (χ0) is 14.3. The Balaban J connectivity index is 2.26. The maximum Gasteiger partial charge on any atom is 0.305 e. The van der Waals surface area contributed by atoms with Gasteiger partial charge >= 0.3 is 5.97 Å². The Labute approximate surface area is 112 Å². The van der Waals surface area contributed by atoms with Gasteiger partial charge in [0.15, 0.2) is 11.9 Å². The van der Waals surface area contributed by atoms with Crippen LogP contribution in [0.3, 0.4) is 0 Å². The van der Waals surface area contributed by atoms with E-state index in [-0.39, 0.29) is 17.5 Å². The van der Waals surface area contributed by atoms with Crippen molar-refractivity contribution < 1.29 is 23.9 Å². The molecule has 0 spiro atoms. The van der Waals surface area contributed by atoms with Crippen molar-refractivity contribution in [1.82, 2.24) is 0 Å². The number of rotatable bonds is 8. The maximum absolute atomic E-state index is 11.6. The minimum absolute atomic E-state index is 0.0483. The summed E-state index contributed by atoms with van der Waals surface area (Å²) in [4.78, 5) is 33.6. The number of ether oxygens (including phenoxy) is 2. The van der Waals surface area contributed by atoms with E-state index in [0.29, 0.717) is 44.5 Å². The summed E-state index contributed by atoms with van der Waals surface area (Å²) in [6, 6.07) is 0. The molecule has 0 radical (unpaired) electrons. The molecular weight excluding hydrogens is 248 g/mol. The van der Waals surface area contributed by atoms with Crippen LogP contribution in [-0.2, 0) is 23.9 Å². The van der Waals surface area contributed by atoms with Gasteiger partial charge in [-0.25, -0.2) is 0 Å². The molecule has 19 heavy (non-hydrogen) atoms. The summed E-state index contributed by atoms with van der Waals surface area (Å²) >= 11 is 0. The molecule has 0 aliphatic carbocycles. The molecule has 1 unspecified atom stereocenters. The maximum atomic E-state index is 11.6. The van der Waals surface area contributed by atoms with E-state index in [0.717, 1.165) is 0 Å². The van der Waals surface area contributed by atoms with Crippen LogP contribution in [0.4, 0.5) is 0 Å². The highest BCUT2D eigenvalue weighted by Crippen LogP contribution is 2.22. The summed E-state index contributed by atoms with van der Waals surface area (Å²) < 4.78 is 10.3. The lowest BCUT2D eigenvalue weighted by Crippen LogP contribution is -2.17. The average molecular weight is 268 g/mol. The third-order valence-electron chi connectivity index (χ3n) is 2.78. The van der Waals surface area contributed by atoms with Gasteiger partial charge in [0.05, 0.1) is 6.61 Å². The molecule has 0 saturated carbocycles. The van der Waals surface area contributed by atoms with Crippen molar-refractivity contribution in [3.05, 3.63) is 11.8 Å². The molecule has 1 atom stereocenters. The van der Waals surface area contributed by atoms with Crippen molar-refractivity contribution in [3.8, 4) is 0 Å². The number of hydrogen-bond donors (Lipinski definition) is 0. The van der Waals surface area contributed by atoms with Gasteiger partial charge in [0.1, 0.15) is 11.5 Å². The molecule has 0 aromatic rings. The lowest BCUT2D eigenvalue weighted by Gasteiger charge is -2.11.